The van der Waals surface area contributed by atoms with Gasteiger partial charge >= 0.3 is 5.97 Å². The topological polar surface area (TPSA) is 189 Å². The predicted octanol–water partition coefficient (Wildman–Crippen LogP) is 1.05. The minimum absolute atomic E-state index is 0.00136. The number of rotatable bonds is 4. The summed E-state index contributed by atoms with van der Waals surface area (Å²) < 4.78 is 23.7. The van der Waals surface area contributed by atoms with Gasteiger partial charge < -0.3 is 44.5 Å². The second-order valence-electron chi connectivity index (χ2n) is 11.8. The SMILES string of the molecule is CC1OC2C3=C(C(=O)c4c(O)c5c(c(O)c4C3=O)C[C@H](CC(=O)O)O[C@H]5C)C23C(O[C@H]2CC[C@H](O)[C@H](C)O2)C13O. The maximum atomic E-state index is 14.1. The predicted molar refractivity (Wildman–Crippen MR) is 131 cm³/mol. The lowest BCUT2D eigenvalue weighted by Gasteiger charge is -2.43. The van der Waals surface area contributed by atoms with Crippen molar-refractivity contribution in [2.24, 2.45) is 5.41 Å². The van der Waals surface area contributed by atoms with E-state index in [0.717, 1.165) is 0 Å². The molecular formula is C28H30O12. The van der Waals surface area contributed by atoms with Crippen molar-refractivity contribution >= 4 is 17.5 Å². The number of fused-ring (bicyclic) bond motifs is 3. The molecule has 6 aliphatic rings. The molecule has 3 heterocycles. The molecule has 214 valence electrons. The smallest absolute Gasteiger partial charge is 0.305 e. The molecule has 3 fully saturated rings. The normalized spacial score (nSPS) is 42.8. The van der Waals surface area contributed by atoms with Crippen molar-refractivity contribution in [2.75, 3.05) is 0 Å². The Hall–Kier alpha value is -2.87. The number of hydrogen-bond acceptors (Lipinski definition) is 11. The molecule has 12 nitrogen and oxygen atoms in total. The first kappa shape index (κ1) is 26.1. The monoisotopic (exact) mass is 558 g/mol. The number of carboxylic acid groups (broad SMARTS) is 1. The Kier molecular flexibility index (Phi) is 5.29. The van der Waals surface area contributed by atoms with Gasteiger partial charge in [-0.15, -0.1) is 0 Å². The Morgan fingerprint density at radius 2 is 1.73 bits per heavy atom. The first-order chi connectivity index (χ1) is 18.8. The molecule has 1 spiro atoms. The molecule has 12 heteroatoms. The Labute approximate surface area is 228 Å². The highest BCUT2D eigenvalue weighted by molar-refractivity contribution is 6.32. The molecule has 3 aliphatic heterocycles. The van der Waals surface area contributed by atoms with Crippen LogP contribution in [0, 0.1) is 5.41 Å². The lowest BCUT2D eigenvalue weighted by molar-refractivity contribution is -0.237. The Balaban J connectivity index is 1.29. The van der Waals surface area contributed by atoms with E-state index >= 15 is 0 Å². The molecule has 3 aliphatic carbocycles. The van der Waals surface area contributed by atoms with E-state index in [-0.39, 0.29) is 46.2 Å². The van der Waals surface area contributed by atoms with E-state index < -0.39 is 89.1 Å². The number of ether oxygens (including phenoxy) is 4. The summed E-state index contributed by atoms with van der Waals surface area (Å²) in [6, 6.07) is 0. The standard InChI is InChI=1S/C28H30O12/c1-8-13(29)4-5-15(38-8)40-26-27-20-19(25(27)39-10(3)28(26,27)36)23(34)17-18(24(20)35)22(33)16-9(2)37-11(7-14(30)31)6-12(16)21(17)32/h8-11,13,15,25-26,29,32-33,36H,4-7H2,1-3H3,(H,30,31)/t8-,9-,10?,11+,13-,15-,25?,26?,27?,28?/m0/s1. The van der Waals surface area contributed by atoms with Gasteiger partial charge in [0, 0.05) is 35.1 Å². The molecule has 2 saturated heterocycles. The molecule has 10 atom stereocenters. The van der Waals surface area contributed by atoms with Crippen LogP contribution in [0.1, 0.15) is 78.0 Å². The fourth-order valence-electron chi connectivity index (χ4n) is 7.85. The van der Waals surface area contributed by atoms with Crippen LogP contribution in [0.4, 0.5) is 0 Å². The summed E-state index contributed by atoms with van der Waals surface area (Å²) in [6.45, 7) is 4.90. The van der Waals surface area contributed by atoms with Crippen molar-refractivity contribution in [1.29, 1.82) is 0 Å². The van der Waals surface area contributed by atoms with Gasteiger partial charge in [-0.2, -0.15) is 0 Å². The lowest BCUT2D eigenvalue weighted by atomic mass is 9.61. The van der Waals surface area contributed by atoms with Gasteiger partial charge in [0.2, 0.25) is 0 Å². The highest BCUT2D eigenvalue weighted by atomic mass is 16.7. The van der Waals surface area contributed by atoms with Crippen LogP contribution < -0.4 is 0 Å². The number of aromatic hydroxyl groups is 2. The van der Waals surface area contributed by atoms with Gasteiger partial charge in [-0.1, -0.05) is 0 Å². The van der Waals surface area contributed by atoms with E-state index in [9.17, 15) is 39.9 Å². The number of phenols is 2. The molecule has 5 unspecified atom stereocenters. The number of hydrogen-bond donors (Lipinski definition) is 5. The number of ketones is 2. The first-order valence-corrected chi connectivity index (χ1v) is 13.5. The number of phenolic OH excluding ortho intramolecular Hbond substituents is 2. The van der Waals surface area contributed by atoms with Gasteiger partial charge in [0.1, 0.15) is 29.3 Å². The largest absolute Gasteiger partial charge is 0.507 e. The number of Topliss-reactive ketones (excluding diaryl/α,β-unsaturated/α-hetero) is 2. The van der Waals surface area contributed by atoms with Gasteiger partial charge in [0.05, 0.1) is 53.5 Å². The summed E-state index contributed by atoms with van der Waals surface area (Å²) >= 11 is 0. The third-order valence-electron chi connectivity index (χ3n) is 9.76. The minimum atomic E-state index is -1.63. The number of carbonyl (C=O) groups is 3. The zero-order chi connectivity index (χ0) is 28.6. The molecule has 7 rings (SSSR count). The molecule has 40 heavy (non-hydrogen) atoms. The molecular weight excluding hydrogens is 528 g/mol. The first-order valence-electron chi connectivity index (χ1n) is 13.5. The maximum Gasteiger partial charge on any atom is 0.305 e. The zero-order valence-corrected chi connectivity index (χ0v) is 22.0. The molecule has 1 saturated carbocycles. The average molecular weight is 559 g/mol. The van der Waals surface area contributed by atoms with E-state index in [1.54, 1.807) is 20.8 Å². The van der Waals surface area contributed by atoms with Crippen LogP contribution in [0.2, 0.25) is 0 Å². The number of carboxylic acids is 1. The highest BCUT2D eigenvalue weighted by Crippen LogP contribution is 2.79. The van der Waals surface area contributed by atoms with E-state index in [2.05, 4.69) is 0 Å². The Morgan fingerprint density at radius 3 is 2.40 bits per heavy atom. The summed E-state index contributed by atoms with van der Waals surface area (Å²) in [4.78, 5) is 39.2. The fourth-order valence-corrected chi connectivity index (χ4v) is 7.85. The maximum absolute atomic E-state index is 14.1. The molecule has 5 N–H and O–H groups in total. The van der Waals surface area contributed by atoms with Crippen molar-refractivity contribution in [3.8, 4) is 11.5 Å². The van der Waals surface area contributed by atoms with Crippen LogP contribution in [0.25, 0.3) is 0 Å². The van der Waals surface area contributed by atoms with Gasteiger partial charge in [0.15, 0.2) is 17.9 Å². The van der Waals surface area contributed by atoms with Crippen LogP contribution in [0.3, 0.4) is 0 Å². The number of aliphatic hydroxyl groups excluding tert-OH is 1. The summed E-state index contributed by atoms with van der Waals surface area (Å²) in [6.07, 6.45) is -5.84. The van der Waals surface area contributed by atoms with Crippen LogP contribution in [0.5, 0.6) is 11.5 Å². The molecule has 0 aromatic heterocycles. The molecule has 0 amide bonds. The van der Waals surface area contributed by atoms with Gasteiger partial charge in [-0.3, -0.25) is 14.4 Å². The Bertz CT molecular complexity index is 1430. The van der Waals surface area contributed by atoms with Crippen molar-refractivity contribution in [2.45, 2.75) is 101 Å². The summed E-state index contributed by atoms with van der Waals surface area (Å²) in [5, 5.41) is 53.5. The summed E-state index contributed by atoms with van der Waals surface area (Å²) in [5.41, 5.74) is -3.42. The third-order valence-corrected chi connectivity index (χ3v) is 9.76. The van der Waals surface area contributed by atoms with Gasteiger partial charge in [-0.05, 0) is 27.2 Å². The molecule has 0 bridgehead atoms. The van der Waals surface area contributed by atoms with Crippen LogP contribution in [-0.2, 0) is 30.2 Å². The quantitative estimate of drug-likeness (QED) is 0.331. The lowest BCUT2D eigenvalue weighted by Crippen LogP contribution is -2.50. The number of aliphatic carboxylic acids is 1. The summed E-state index contributed by atoms with van der Waals surface area (Å²) in [5.74, 6) is -3.52. The summed E-state index contributed by atoms with van der Waals surface area (Å²) in [7, 11) is 0. The number of benzene rings is 1. The molecule has 0 radical (unpaired) electrons. The van der Waals surface area contributed by atoms with Crippen molar-refractivity contribution < 1.29 is 58.9 Å². The zero-order valence-electron chi connectivity index (χ0n) is 22.0. The second-order valence-corrected chi connectivity index (χ2v) is 11.8. The van der Waals surface area contributed by atoms with Crippen molar-refractivity contribution in [3.63, 3.8) is 0 Å². The van der Waals surface area contributed by atoms with Gasteiger partial charge in [-0.25, -0.2) is 0 Å². The van der Waals surface area contributed by atoms with Crippen LogP contribution in [0.15, 0.2) is 11.1 Å². The van der Waals surface area contributed by atoms with Gasteiger partial charge in [0.25, 0.3) is 0 Å². The molecule has 1 aromatic rings. The van der Waals surface area contributed by atoms with E-state index in [4.69, 9.17) is 18.9 Å². The van der Waals surface area contributed by atoms with Crippen LogP contribution in [-0.4, -0.2) is 91.6 Å². The molecule has 1 aromatic carbocycles. The van der Waals surface area contributed by atoms with Crippen molar-refractivity contribution in [3.05, 3.63) is 33.4 Å². The Morgan fingerprint density at radius 1 is 1.02 bits per heavy atom. The highest BCUT2D eigenvalue weighted by Gasteiger charge is 2.94. The van der Waals surface area contributed by atoms with Crippen LogP contribution >= 0.6 is 0 Å². The van der Waals surface area contributed by atoms with E-state index in [1.165, 1.54) is 0 Å². The second kappa shape index (κ2) is 8.11. The third kappa shape index (κ3) is 2.88. The van der Waals surface area contributed by atoms with Crippen molar-refractivity contribution in [1.82, 2.24) is 0 Å². The fraction of sp³-hybridized carbons (Fsp3) is 0.607. The minimum Gasteiger partial charge on any atom is -0.507 e. The van der Waals surface area contributed by atoms with E-state index in [0.29, 0.717) is 12.8 Å². The van der Waals surface area contributed by atoms with E-state index in [1.807, 2.05) is 0 Å². The number of aliphatic hydroxyl groups is 2. The number of carbonyl (C=O) groups excluding carboxylic acids is 2. The average Bonchev–Trinajstić information content (AvgIpc) is 3.37.